The number of aryl methyl sites for hydroxylation is 2. The standard InChI is InChI=1S/C13H21ClN4O2S/c1-6-18-12-11(9(2)16-18)15-10(7-14)17(12)8-13(3,4)21(5,19)20/h6-8H2,1-5H3. The highest BCUT2D eigenvalue weighted by molar-refractivity contribution is 7.92. The summed E-state index contributed by atoms with van der Waals surface area (Å²) in [4.78, 5) is 4.52. The quantitative estimate of drug-likeness (QED) is 0.786. The van der Waals surface area contributed by atoms with Gasteiger partial charge in [0.05, 0.1) is 16.3 Å². The van der Waals surface area contributed by atoms with Crippen LogP contribution in [0.15, 0.2) is 0 Å². The van der Waals surface area contributed by atoms with Crippen LogP contribution in [0.1, 0.15) is 32.3 Å². The summed E-state index contributed by atoms with van der Waals surface area (Å²) < 4.78 is 26.8. The highest BCUT2D eigenvalue weighted by Crippen LogP contribution is 2.26. The maximum absolute atomic E-state index is 12.0. The van der Waals surface area contributed by atoms with Crippen LogP contribution in [0.25, 0.3) is 11.2 Å². The first-order valence-electron chi connectivity index (χ1n) is 6.80. The van der Waals surface area contributed by atoms with Gasteiger partial charge in [0.25, 0.3) is 0 Å². The molecule has 0 aliphatic carbocycles. The Morgan fingerprint density at radius 1 is 1.33 bits per heavy atom. The number of sulfone groups is 1. The van der Waals surface area contributed by atoms with Gasteiger partial charge in [0.2, 0.25) is 0 Å². The largest absolute Gasteiger partial charge is 0.310 e. The van der Waals surface area contributed by atoms with E-state index in [9.17, 15) is 8.42 Å². The van der Waals surface area contributed by atoms with E-state index in [1.807, 2.05) is 23.1 Å². The fourth-order valence-corrected chi connectivity index (χ4v) is 2.82. The van der Waals surface area contributed by atoms with Crippen LogP contribution in [0.4, 0.5) is 0 Å². The van der Waals surface area contributed by atoms with E-state index in [1.165, 1.54) is 6.26 Å². The summed E-state index contributed by atoms with van der Waals surface area (Å²) in [7, 11) is -3.21. The van der Waals surface area contributed by atoms with Crippen molar-refractivity contribution in [3.63, 3.8) is 0 Å². The van der Waals surface area contributed by atoms with Gasteiger partial charge in [0, 0.05) is 19.3 Å². The van der Waals surface area contributed by atoms with E-state index in [1.54, 1.807) is 13.8 Å². The molecule has 2 aromatic rings. The third kappa shape index (κ3) is 2.68. The van der Waals surface area contributed by atoms with Gasteiger partial charge in [-0.3, -0.25) is 0 Å². The molecule has 21 heavy (non-hydrogen) atoms. The number of hydrogen-bond donors (Lipinski definition) is 0. The van der Waals surface area contributed by atoms with Crippen LogP contribution in [0, 0.1) is 6.92 Å². The lowest BCUT2D eigenvalue weighted by molar-refractivity contribution is 0.495. The molecule has 0 aliphatic heterocycles. The number of hydrogen-bond acceptors (Lipinski definition) is 4. The van der Waals surface area contributed by atoms with Crippen molar-refractivity contribution < 1.29 is 8.42 Å². The van der Waals surface area contributed by atoms with Gasteiger partial charge in [-0.15, -0.1) is 11.6 Å². The molecule has 2 rings (SSSR count). The number of nitrogens with zero attached hydrogens (tertiary/aromatic N) is 4. The van der Waals surface area contributed by atoms with E-state index >= 15 is 0 Å². The summed E-state index contributed by atoms with van der Waals surface area (Å²) in [5.41, 5.74) is 2.45. The minimum absolute atomic E-state index is 0.234. The van der Waals surface area contributed by atoms with Crippen LogP contribution < -0.4 is 0 Å². The van der Waals surface area contributed by atoms with Crippen LogP contribution in [0.3, 0.4) is 0 Å². The highest BCUT2D eigenvalue weighted by atomic mass is 35.5. The number of halogens is 1. The van der Waals surface area contributed by atoms with Gasteiger partial charge in [0.1, 0.15) is 11.3 Å². The Kier molecular flexibility index (Phi) is 4.10. The molecule has 118 valence electrons. The molecule has 0 saturated carbocycles. The van der Waals surface area contributed by atoms with Crippen molar-refractivity contribution in [3.05, 3.63) is 11.5 Å². The molecule has 2 aromatic heterocycles. The molecule has 0 bridgehead atoms. The molecule has 0 unspecified atom stereocenters. The molecular formula is C13H21ClN4O2S. The average molecular weight is 333 g/mol. The zero-order chi connectivity index (χ0) is 16.0. The van der Waals surface area contributed by atoms with E-state index < -0.39 is 14.6 Å². The molecule has 0 fully saturated rings. The summed E-state index contributed by atoms with van der Waals surface area (Å²) in [6.07, 6.45) is 1.25. The lowest BCUT2D eigenvalue weighted by Gasteiger charge is -2.24. The molecule has 0 amide bonds. The van der Waals surface area contributed by atoms with Crippen molar-refractivity contribution in [2.75, 3.05) is 6.26 Å². The second-order valence-corrected chi connectivity index (χ2v) is 8.77. The molecule has 2 heterocycles. The highest BCUT2D eigenvalue weighted by Gasteiger charge is 2.33. The molecule has 0 aromatic carbocycles. The molecule has 8 heteroatoms. The van der Waals surface area contributed by atoms with Gasteiger partial charge in [-0.25, -0.2) is 18.1 Å². The van der Waals surface area contributed by atoms with Crippen molar-refractivity contribution in [1.29, 1.82) is 0 Å². The molecular weight excluding hydrogens is 312 g/mol. The topological polar surface area (TPSA) is 69.8 Å². The van der Waals surface area contributed by atoms with Gasteiger partial charge in [-0.1, -0.05) is 0 Å². The van der Waals surface area contributed by atoms with Crippen LogP contribution in [-0.4, -0.2) is 38.8 Å². The Hall–Kier alpha value is -1.08. The SMILES string of the molecule is CCn1nc(C)c2nc(CCl)n(CC(C)(C)S(C)(=O)=O)c21. The van der Waals surface area contributed by atoms with Crippen LogP contribution in [0.2, 0.25) is 0 Å². The first kappa shape index (κ1) is 16.3. The Morgan fingerprint density at radius 2 is 1.95 bits per heavy atom. The van der Waals surface area contributed by atoms with E-state index in [4.69, 9.17) is 11.6 Å². The third-order valence-electron chi connectivity index (χ3n) is 3.84. The van der Waals surface area contributed by atoms with E-state index in [2.05, 4.69) is 10.1 Å². The first-order chi connectivity index (χ1) is 9.62. The van der Waals surface area contributed by atoms with Crippen LogP contribution in [0.5, 0.6) is 0 Å². The van der Waals surface area contributed by atoms with Crippen LogP contribution >= 0.6 is 11.6 Å². The molecule has 0 N–H and O–H groups in total. The zero-order valence-corrected chi connectivity index (χ0v) is 14.6. The van der Waals surface area contributed by atoms with Crippen LogP contribution in [-0.2, 0) is 28.8 Å². The van der Waals surface area contributed by atoms with Gasteiger partial charge in [-0.2, -0.15) is 5.10 Å². The number of imidazole rings is 1. The molecule has 0 radical (unpaired) electrons. The van der Waals surface area contributed by atoms with Gasteiger partial charge < -0.3 is 4.57 Å². The Labute approximate surface area is 130 Å². The Bertz CT molecular complexity index is 774. The molecule has 6 nitrogen and oxygen atoms in total. The lowest BCUT2D eigenvalue weighted by Crippen LogP contribution is -2.36. The minimum atomic E-state index is -3.21. The van der Waals surface area contributed by atoms with E-state index in [0.717, 1.165) is 16.9 Å². The summed E-state index contributed by atoms with van der Waals surface area (Å²) in [5, 5.41) is 4.44. The third-order valence-corrected chi connectivity index (χ3v) is 6.22. The summed E-state index contributed by atoms with van der Waals surface area (Å²) in [5.74, 6) is 0.906. The predicted octanol–water partition coefficient (Wildman–Crippen LogP) is 2.12. The molecule has 0 spiro atoms. The normalized spacial score (nSPS) is 13.2. The van der Waals surface area contributed by atoms with Crippen molar-refractivity contribution in [3.8, 4) is 0 Å². The smallest absolute Gasteiger partial charge is 0.159 e. The van der Waals surface area contributed by atoms with Gasteiger partial charge in [-0.05, 0) is 27.7 Å². The number of fused-ring (bicyclic) bond motifs is 1. The fourth-order valence-electron chi connectivity index (χ4n) is 2.26. The van der Waals surface area contributed by atoms with Crippen molar-refractivity contribution >= 4 is 32.6 Å². The second kappa shape index (κ2) is 5.28. The molecule has 0 saturated heterocycles. The lowest BCUT2D eigenvalue weighted by atomic mass is 10.2. The maximum Gasteiger partial charge on any atom is 0.159 e. The van der Waals surface area contributed by atoms with Gasteiger partial charge in [0.15, 0.2) is 15.5 Å². The average Bonchev–Trinajstić information content (AvgIpc) is 2.86. The molecule has 0 aliphatic rings. The van der Waals surface area contributed by atoms with Crippen molar-refractivity contribution in [2.24, 2.45) is 0 Å². The predicted molar refractivity (Wildman–Crippen MR) is 84.4 cm³/mol. The monoisotopic (exact) mass is 332 g/mol. The summed E-state index contributed by atoms with van der Waals surface area (Å²) in [6.45, 7) is 8.31. The zero-order valence-electron chi connectivity index (χ0n) is 13.0. The van der Waals surface area contributed by atoms with E-state index in [0.29, 0.717) is 18.9 Å². The fraction of sp³-hybridized carbons (Fsp3) is 0.692. The Morgan fingerprint density at radius 3 is 2.43 bits per heavy atom. The second-order valence-electron chi connectivity index (χ2n) is 5.85. The number of alkyl halides is 1. The van der Waals surface area contributed by atoms with Crippen molar-refractivity contribution in [2.45, 2.75) is 51.4 Å². The maximum atomic E-state index is 12.0. The van der Waals surface area contributed by atoms with Crippen molar-refractivity contribution in [1.82, 2.24) is 19.3 Å². The molecule has 0 atom stereocenters. The number of rotatable bonds is 5. The van der Waals surface area contributed by atoms with Gasteiger partial charge >= 0.3 is 0 Å². The summed E-state index contributed by atoms with van der Waals surface area (Å²) >= 11 is 5.99. The summed E-state index contributed by atoms with van der Waals surface area (Å²) in [6, 6.07) is 0. The number of aromatic nitrogens is 4. The van der Waals surface area contributed by atoms with E-state index in [-0.39, 0.29) is 5.88 Å². The Balaban J connectivity index is 2.67. The first-order valence-corrected chi connectivity index (χ1v) is 9.23. The minimum Gasteiger partial charge on any atom is -0.310 e.